The molecule has 4 aromatic rings. The second kappa shape index (κ2) is 12.2. The van der Waals surface area contributed by atoms with Gasteiger partial charge in [0.2, 0.25) is 0 Å². The highest BCUT2D eigenvalue weighted by Gasteiger charge is 2.28. The van der Waals surface area contributed by atoms with E-state index in [1.165, 1.54) is 33.4 Å². The molecule has 40 heavy (non-hydrogen) atoms. The highest BCUT2D eigenvalue weighted by Crippen LogP contribution is 2.39. The van der Waals surface area contributed by atoms with E-state index in [1.807, 2.05) is 48.5 Å². The van der Waals surface area contributed by atoms with Crippen LogP contribution in [-0.2, 0) is 13.1 Å². The maximum atomic E-state index is 6.36. The third-order valence-electron chi connectivity index (χ3n) is 7.66. The lowest BCUT2D eigenvalue weighted by Gasteiger charge is -2.33. The van der Waals surface area contributed by atoms with Gasteiger partial charge in [-0.3, -0.25) is 0 Å². The lowest BCUT2D eigenvalue weighted by atomic mass is 9.85. The van der Waals surface area contributed by atoms with Crippen LogP contribution in [0.4, 0.5) is 11.4 Å². The molecule has 0 amide bonds. The molecule has 0 saturated carbocycles. The minimum absolute atomic E-state index is 0.278. The van der Waals surface area contributed by atoms with E-state index in [1.54, 1.807) is 0 Å². The molecular weight excluding hydrogens is 582 g/mol. The first-order chi connectivity index (χ1) is 19.1. The number of hydrogen-bond acceptors (Lipinski definition) is 4. The number of nitrogens with zero attached hydrogens (tertiary/aromatic N) is 2. The Morgan fingerprint density at radius 1 is 0.575 bits per heavy atom. The summed E-state index contributed by atoms with van der Waals surface area (Å²) in [5, 5.41) is 2.89. The van der Waals surface area contributed by atoms with Gasteiger partial charge in [0.25, 0.3) is 0 Å². The second-order valence-corrected chi connectivity index (χ2v) is 12.4. The molecule has 2 atom stereocenters. The Hall–Kier alpha value is -2.44. The maximum absolute atomic E-state index is 6.36. The van der Waals surface area contributed by atoms with Crippen LogP contribution < -0.4 is 11.5 Å². The zero-order chi connectivity index (χ0) is 28.6. The SMILES string of the molecule is CN1Cc2c(Cl)cc(Cl)cc2C(c2ccc(N)cc2)C1.CN1Cc2c(Cl)cc(Cl)cc2[C@H](c2ccc(N)cc2)C1. The van der Waals surface area contributed by atoms with Crippen molar-refractivity contribution < 1.29 is 0 Å². The molecule has 2 aliphatic rings. The Labute approximate surface area is 256 Å². The largest absolute Gasteiger partial charge is 0.399 e. The molecule has 4 nitrogen and oxygen atoms in total. The van der Waals surface area contributed by atoms with Crippen LogP contribution in [-0.4, -0.2) is 37.0 Å². The fraction of sp³-hybridized carbons (Fsp3) is 0.250. The molecule has 0 aliphatic carbocycles. The molecule has 1 unspecified atom stereocenters. The van der Waals surface area contributed by atoms with Crippen LogP contribution in [0, 0.1) is 0 Å². The van der Waals surface area contributed by atoms with Gasteiger partial charge in [-0.25, -0.2) is 0 Å². The number of nitrogens with two attached hydrogens (primary N) is 2. The van der Waals surface area contributed by atoms with Gasteiger partial charge in [-0.1, -0.05) is 70.7 Å². The van der Waals surface area contributed by atoms with Crippen molar-refractivity contribution in [1.29, 1.82) is 0 Å². The number of hydrogen-bond donors (Lipinski definition) is 2. The van der Waals surface area contributed by atoms with Gasteiger partial charge in [0.1, 0.15) is 0 Å². The van der Waals surface area contributed by atoms with Crippen molar-refractivity contribution in [1.82, 2.24) is 9.80 Å². The standard InChI is InChI=1S/2C16H16Cl2N2/c2*1-20-8-14(10-2-4-12(19)5-3-10)13-6-11(17)7-16(18)15(13)9-20/h2*2-7,14H,8-9,19H2,1H3/t14-;/m0./s1. The molecule has 4 aromatic carbocycles. The summed E-state index contributed by atoms with van der Waals surface area (Å²) in [5.41, 5.74) is 20.4. The molecule has 4 N–H and O–H groups in total. The molecule has 2 heterocycles. The molecule has 0 fully saturated rings. The van der Waals surface area contributed by atoms with Gasteiger partial charge in [-0.2, -0.15) is 0 Å². The smallest absolute Gasteiger partial charge is 0.0468 e. The van der Waals surface area contributed by atoms with Gasteiger partial charge in [-0.05, 0) is 96.0 Å². The van der Waals surface area contributed by atoms with E-state index in [4.69, 9.17) is 57.9 Å². The van der Waals surface area contributed by atoms with E-state index >= 15 is 0 Å². The Morgan fingerprint density at radius 2 is 0.925 bits per heavy atom. The van der Waals surface area contributed by atoms with Crippen molar-refractivity contribution in [2.75, 3.05) is 38.7 Å². The zero-order valence-corrected chi connectivity index (χ0v) is 25.5. The summed E-state index contributed by atoms with van der Waals surface area (Å²) in [5.74, 6) is 0.557. The van der Waals surface area contributed by atoms with Crippen LogP contribution in [0.5, 0.6) is 0 Å². The molecule has 2 aliphatic heterocycles. The van der Waals surface area contributed by atoms with Crippen molar-refractivity contribution in [2.24, 2.45) is 0 Å². The second-order valence-electron chi connectivity index (χ2n) is 10.7. The molecule has 0 saturated heterocycles. The fourth-order valence-corrected chi connectivity index (χ4v) is 6.86. The molecule has 0 spiro atoms. The summed E-state index contributed by atoms with van der Waals surface area (Å²) in [6.45, 7) is 3.62. The van der Waals surface area contributed by atoms with Gasteiger partial charge in [0.15, 0.2) is 0 Å². The molecular formula is C32H32Cl4N4. The molecule has 6 rings (SSSR count). The Kier molecular flexibility index (Phi) is 8.86. The number of rotatable bonds is 2. The first-order valence-corrected chi connectivity index (χ1v) is 14.6. The quantitative estimate of drug-likeness (QED) is 0.223. The third-order valence-corrected chi connectivity index (χ3v) is 8.77. The van der Waals surface area contributed by atoms with Crippen LogP contribution in [0.25, 0.3) is 0 Å². The summed E-state index contributed by atoms with van der Waals surface area (Å²) in [4.78, 5) is 4.56. The summed E-state index contributed by atoms with van der Waals surface area (Å²) in [7, 11) is 4.22. The Bertz CT molecular complexity index is 1390. The molecule has 0 aromatic heterocycles. The number of benzene rings is 4. The zero-order valence-electron chi connectivity index (χ0n) is 22.5. The summed E-state index contributed by atoms with van der Waals surface area (Å²) in [6.07, 6.45) is 0. The lowest BCUT2D eigenvalue weighted by molar-refractivity contribution is 0.295. The average molecular weight is 614 g/mol. The molecule has 0 radical (unpaired) electrons. The van der Waals surface area contributed by atoms with Crippen LogP contribution in [0.2, 0.25) is 20.1 Å². The van der Waals surface area contributed by atoms with Crippen molar-refractivity contribution >= 4 is 57.8 Å². The minimum atomic E-state index is 0.278. The average Bonchev–Trinajstić information content (AvgIpc) is 2.90. The minimum Gasteiger partial charge on any atom is -0.399 e. The van der Waals surface area contributed by atoms with E-state index < -0.39 is 0 Å². The number of fused-ring (bicyclic) bond motifs is 2. The fourth-order valence-electron chi connectivity index (χ4n) is 5.72. The van der Waals surface area contributed by atoms with E-state index in [-0.39, 0.29) is 11.8 Å². The van der Waals surface area contributed by atoms with Crippen LogP contribution in [0.3, 0.4) is 0 Å². The van der Waals surface area contributed by atoms with E-state index in [2.05, 4.69) is 48.2 Å². The monoisotopic (exact) mass is 612 g/mol. The Morgan fingerprint density at radius 3 is 1.27 bits per heavy atom. The van der Waals surface area contributed by atoms with Crippen molar-refractivity contribution in [3.8, 4) is 0 Å². The van der Waals surface area contributed by atoms with Gasteiger partial charge < -0.3 is 21.3 Å². The van der Waals surface area contributed by atoms with E-state index in [0.717, 1.165) is 47.6 Å². The normalized spacial score (nSPS) is 18.9. The van der Waals surface area contributed by atoms with E-state index in [0.29, 0.717) is 10.0 Å². The highest BCUT2D eigenvalue weighted by molar-refractivity contribution is 6.35. The number of anilines is 2. The first kappa shape index (κ1) is 29.1. The highest BCUT2D eigenvalue weighted by atomic mass is 35.5. The van der Waals surface area contributed by atoms with E-state index in [9.17, 15) is 0 Å². The first-order valence-electron chi connectivity index (χ1n) is 13.1. The van der Waals surface area contributed by atoms with Gasteiger partial charge in [-0.15, -0.1) is 0 Å². The predicted molar refractivity (Wildman–Crippen MR) is 171 cm³/mol. The summed E-state index contributed by atoms with van der Waals surface area (Å²) < 4.78 is 0. The third kappa shape index (κ3) is 6.38. The summed E-state index contributed by atoms with van der Waals surface area (Å²) >= 11 is 25.1. The van der Waals surface area contributed by atoms with Crippen LogP contribution in [0.1, 0.15) is 45.2 Å². The molecule has 0 bridgehead atoms. The van der Waals surface area contributed by atoms with Crippen molar-refractivity contribution in [3.05, 3.63) is 126 Å². The Balaban J connectivity index is 0.000000161. The number of halogens is 4. The number of nitrogen functional groups attached to an aromatic ring is 2. The van der Waals surface area contributed by atoms with Gasteiger partial charge >= 0.3 is 0 Å². The maximum Gasteiger partial charge on any atom is 0.0468 e. The summed E-state index contributed by atoms with van der Waals surface area (Å²) in [6, 6.07) is 23.8. The van der Waals surface area contributed by atoms with Crippen molar-refractivity contribution in [3.63, 3.8) is 0 Å². The molecule has 208 valence electrons. The van der Waals surface area contributed by atoms with Crippen LogP contribution >= 0.6 is 46.4 Å². The topological polar surface area (TPSA) is 58.5 Å². The van der Waals surface area contributed by atoms with Crippen LogP contribution in [0.15, 0.2) is 72.8 Å². The lowest BCUT2D eigenvalue weighted by Crippen LogP contribution is -2.31. The number of likely N-dealkylation sites (N-methyl/N-ethyl adjacent to an activating group) is 2. The van der Waals surface area contributed by atoms with Gasteiger partial charge in [0.05, 0.1) is 0 Å². The van der Waals surface area contributed by atoms with Crippen molar-refractivity contribution in [2.45, 2.75) is 24.9 Å². The molecule has 8 heteroatoms. The van der Waals surface area contributed by atoms with Gasteiger partial charge in [0, 0.05) is 69.5 Å². The predicted octanol–water partition coefficient (Wildman–Crippen LogP) is 8.31.